The highest BCUT2D eigenvalue weighted by molar-refractivity contribution is 7.89. The summed E-state index contributed by atoms with van der Waals surface area (Å²) in [4.78, 5) is 16.0. The Morgan fingerprint density at radius 3 is 2.60 bits per heavy atom. The smallest absolute Gasteiger partial charge is 0.276 e. The molecule has 2 aliphatic heterocycles. The van der Waals surface area contributed by atoms with E-state index in [9.17, 15) is 13.2 Å². The van der Waals surface area contributed by atoms with E-state index in [2.05, 4.69) is 4.90 Å². The molecule has 8 heteroatoms. The second-order valence-corrected chi connectivity index (χ2v) is 9.01. The maximum Gasteiger partial charge on any atom is 0.276 e. The van der Waals surface area contributed by atoms with E-state index in [1.807, 2.05) is 0 Å². The van der Waals surface area contributed by atoms with Crippen LogP contribution < -0.4 is 0 Å². The minimum Gasteiger partial charge on any atom is -0.447 e. The van der Waals surface area contributed by atoms with Gasteiger partial charge in [-0.25, -0.2) is 8.42 Å². The lowest BCUT2D eigenvalue weighted by atomic mass is 9.96. The first-order chi connectivity index (χ1) is 11.9. The molecule has 0 saturated carbocycles. The fraction of sp³-hybridized carbons (Fsp3) is 0.706. The summed E-state index contributed by atoms with van der Waals surface area (Å²) in [5.41, 5.74) is 0. The Morgan fingerprint density at radius 1 is 1.20 bits per heavy atom. The highest BCUT2D eigenvalue weighted by Crippen LogP contribution is 2.25. The standard InChI is InChI=1S/C17H27N3O4S/c1-18(2)17(21)14-6-5-9-19(12-14)13-15-7-8-16(24-15)25(22,23)20-10-3-4-11-20/h7-8,14H,3-6,9-13H2,1-2H3. The first-order valence-electron chi connectivity index (χ1n) is 8.90. The number of nitrogens with zero attached hydrogens (tertiary/aromatic N) is 3. The summed E-state index contributed by atoms with van der Waals surface area (Å²) in [5, 5.41) is 0.0299. The number of piperidine rings is 1. The number of carbonyl (C=O) groups is 1. The molecule has 0 aliphatic carbocycles. The summed E-state index contributed by atoms with van der Waals surface area (Å²) >= 11 is 0. The molecule has 0 bridgehead atoms. The van der Waals surface area contributed by atoms with Crippen molar-refractivity contribution in [2.24, 2.45) is 5.92 Å². The SMILES string of the molecule is CN(C)C(=O)C1CCCN(Cc2ccc(S(=O)(=O)N3CCCC3)o2)C1. The summed E-state index contributed by atoms with van der Waals surface area (Å²) in [6.07, 6.45) is 3.67. The Morgan fingerprint density at radius 2 is 1.92 bits per heavy atom. The quantitative estimate of drug-likeness (QED) is 0.784. The topological polar surface area (TPSA) is 74.1 Å². The van der Waals surface area contributed by atoms with Crippen molar-refractivity contribution >= 4 is 15.9 Å². The molecule has 1 unspecified atom stereocenters. The van der Waals surface area contributed by atoms with E-state index in [-0.39, 0.29) is 16.9 Å². The van der Waals surface area contributed by atoms with Crippen molar-refractivity contribution in [2.45, 2.75) is 37.3 Å². The minimum atomic E-state index is -3.51. The molecule has 2 aliphatic rings. The molecule has 1 amide bonds. The number of likely N-dealkylation sites (tertiary alicyclic amines) is 1. The molecule has 0 radical (unpaired) electrons. The second kappa shape index (κ2) is 7.47. The van der Waals surface area contributed by atoms with E-state index < -0.39 is 10.0 Å². The Hall–Kier alpha value is -1.38. The van der Waals surface area contributed by atoms with E-state index in [1.165, 1.54) is 4.31 Å². The predicted molar refractivity (Wildman–Crippen MR) is 93.4 cm³/mol. The van der Waals surface area contributed by atoms with E-state index in [4.69, 9.17) is 4.42 Å². The van der Waals surface area contributed by atoms with Crippen molar-refractivity contribution in [3.05, 3.63) is 17.9 Å². The van der Waals surface area contributed by atoms with Crippen LogP contribution in [0.15, 0.2) is 21.6 Å². The Labute approximate surface area is 149 Å². The average Bonchev–Trinajstić information content (AvgIpc) is 3.26. The highest BCUT2D eigenvalue weighted by Gasteiger charge is 2.31. The van der Waals surface area contributed by atoms with Crippen molar-refractivity contribution in [3.63, 3.8) is 0 Å². The number of furan rings is 1. The molecule has 1 aromatic rings. The fourth-order valence-corrected chi connectivity index (χ4v) is 5.07. The number of hydrogen-bond acceptors (Lipinski definition) is 5. The zero-order valence-electron chi connectivity index (χ0n) is 15.0. The summed E-state index contributed by atoms with van der Waals surface area (Å²) < 4.78 is 32.2. The number of carbonyl (C=O) groups excluding carboxylic acids is 1. The molecular weight excluding hydrogens is 342 g/mol. The molecule has 0 aromatic carbocycles. The van der Waals surface area contributed by atoms with Gasteiger partial charge in [0.05, 0.1) is 12.5 Å². The van der Waals surface area contributed by atoms with Crippen LogP contribution in [0, 0.1) is 5.92 Å². The van der Waals surface area contributed by atoms with Crippen LogP contribution in [0.3, 0.4) is 0 Å². The van der Waals surface area contributed by atoms with Crippen LogP contribution in [-0.4, -0.2) is 68.7 Å². The lowest BCUT2D eigenvalue weighted by Crippen LogP contribution is -2.42. The molecule has 3 rings (SSSR count). The van der Waals surface area contributed by atoms with Gasteiger partial charge in [0, 0.05) is 33.7 Å². The lowest BCUT2D eigenvalue weighted by molar-refractivity contribution is -0.134. The molecule has 1 atom stereocenters. The molecule has 3 heterocycles. The van der Waals surface area contributed by atoms with Crippen LogP contribution >= 0.6 is 0 Å². The first-order valence-corrected chi connectivity index (χ1v) is 10.3. The van der Waals surface area contributed by atoms with Crippen LogP contribution in [0.4, 0.5) is 0 Å². The largest absolute Gasteiger partial charge is 0.447 e. The monoisotopic (exact) mass is 369 g/mol. The third-order valence-corrected chi connectivity index (χ3v) is 6.74. The van der Waals surface area contributed by atoms with Gasteiger partial charge >= 0.3 is 0 Å². The van der Waals surface area contributed by atoms with Crippen LogP contribution in [0.25, 0.3) is 0 Å². The van der Waals surface area contributed by atoms with E-state index in [0.29, 0.717) is 31.9 Å². The van der Waals surface area contributed by atoms with Crippen LogP contribution in [0.2, 0.25) is 0 Å². The minimum absolute atomic E-state index is 0.00603. The Balaban J connectivity index is 1.64. The van der Waals surface area contributed by atoms with Crippen LogP contribution in [0.5, 0.6) is 0 Å². The van der Waals surface area contributed by atoms with Gasteiger partial charge in [0.25, 0.3) is 10.0 Å². The Kier molecular flexibility index (Phi) is 5.50. The number of amides is 1. The third-order valence-electron chi connectivity index (χ3n) is 4.97. The zero-order valence-corrected chi connectivity index (χ0v) is 15.8. The molecule has 7 nitrogen and oxygen atoms in total. The highest BCUT2D eigenvalue weighted by atomic mass is 32.2. The number of sulfonamides is 1. The van der Waals surface area contributed by atoms with Gasteiger partial charge in [0.15, 0.2) is 0 Å². The van der Waals surface area contributed by atoms with Gasteiger partial charge < -0.3 is 9.32 Å². The van der Waals surface area contributed by atoms with Gasteiger partial charge in [0.2, 0.25) is 11.0 Å². The van der Waals surface area contributed by atoms with Gasteiger partial charge in [-0.05, 0) is 44.4 Å². The first kappa shape index (κ1) is 18.4. The van der Waals surface area contributed by atoms with Crippen molar-refractivity contribution in [1.29, 1.82) is 0 Å². The van der Waals surface area contributed by atoms with Gasteiger partial charge in [-0.2, -0.15) is 4.31 Å². The molecule has 2 saturated heterocycles. The van der Waals surface area contributed by atoms with Gasteiger partial charge in [-0.15, -0.1) is 0 Å². The number of rotatable bonds is 5. The van der Waals surface area contributed by atoms with E-state index >= 15 is 0 Å². The van der Waals surface area contributed by atoms with Crippen molar-refractivity contribution < 1.29 is 17.6 Å². The van der Waals surface area contributed by atoms with Crippen molar-refractivity contribution in [2.75, 3.05) is 40.3 Å². The lowest BCUT2D eigenvalue weighted by Gasteiger charge is -2.32. The zero-order chi connectivity index (χ0) is 18.0. The summed E-state index contributed by atoms with van der Waals surface area (Å²) in [6.45, 7) is 3.25. The average molecular weight is 369 g/mol. The molecule has 0 spiro atoms. The maximum atomic E-state index is 12.5. The van der Waals surface area contributed by atoms with Crippen LogP contribution in [0.1, 0.15) is 31.4 Å². The summed E-state index contributed by atoms with van der Waals surface area (Å²) in [6, 6.07) is 3.29. The van der Waals surface area contributed by atoms with Crippen LogP contribution in [-0.2, 0) is 21.4 Å². The van der Waals surface area contributed by atoms with Crippen molar-refractivity contribution in [1.82, 2.24) is 14.1 Å². The van der Waals surface area contributed by atoms with Gasteiger partial charge in [-0.1, -0.05) is 0 Å². The van der Waals surface area contributed by atoms with Crippen molar-refractivity contribution in [3.8, 4) is 0 Å². The maximum absolute atomic E-state index is 12.5. The fourth-order valence-electron chi connectivity index (χ4n) is 3.62. The molecule has 2 fully saturated rings. The molecule has 25 heavy (non-hydrogen) atoms. The molecule has 1 aromatic heterocycles. The van der Waals surface area contributed by atoms with Gasteiger partial charge in [-0.3, -0.25) is 9.69 Å². The molecule has 140 valence electrons. The molecular formula is C17H27N3O4S. The summed E-state index contributed by atoms with van der Waals surface area (Å²) in [7, 11) is 0.0553. The Bertz CT molecular complexity index is 707. The second-order valence-electron chi connectivity index (χ2n) is 7.14. The molecule has 0 N–H and O–H groups in total. The van der Waals surface area contributed by atoms with E-state index in [1.54, 1.807) is 31.1 Å². The predicted octanol–water partition coefficient (Wildman–Crippen LogP) is 1.36. The van der Waals surface area contributed by atoms with Gasteiger partial charge in [0.1, 0.15) is 5.76 Å². The van der Waals surface area contributed by atoms with E-state index in [0.717, 1.165) is 32.2 Å². The number of hydrogen-bond donors (Lipinski definition) is 0. The normalized spacial score (nSPS) is 23.0. The summed E-state index contributed by atoms with van der Waals surface area (Å²) in [5.74, 6) is 0.795. The third kappa shape index (κ3) is 4.07.